The lowest BCUT2D eigenvalue weighted by Gasteiger charge is -2.23. The van der Waals surface area contributed by atoms with Gasteiger partial charge in [0.1, 0.15) is 0 Å². The Morgan fingerprint density at radius 1 is 0.793 bits per heavy atom. The van der Waals surface area contributed by atoms with E-state index in [1.807, 2.05) is 24.3 Å². The van der Waals surface area contributed by atoms with Gasteiger partial charge in [0, 0.05) is 27.2 Å². The minimum atomic E-state index is -0.236. The Labute approximate surface area is 177 Å². The number of halogens is 1. The van der Waals surface area contributed by atoms with Crippen LogP contribution in [0.3, 0.4) is 0 Å². The molecule has 1 aromatic heterocycles. The molecule has 0 amide bonds. The molecule has 0 aliphatic heterocycles. The Hall–Kier alpha value is -2.66. The number of hydrogen-bond donors (Lipinski definition) is 1. The highest BCUT2D eigenvalue weighted by Crippen LogP contribution is 2.44. The first kappa shape index (κ1) is 18.4. The van der Waals surface area contributed by atoms with Crippen LogP contribution in [0.1, 0.15) is 64.1 Å². The van der Waals surface area contributed by atoms with Crippen molar-refractivity contribution in [1.29, 1.82) is 0 Å². The molecule has 0 spiro atoms. The number of fused-ring (bicyclic) bond motifs is 2. The van der Waals surface area contributed by atoms with Gasteiger partial charge in [0.05, 0.1) is 11.1 Å². The van der Waals surface area contributed by atoms with Crippen LogP contribution >= 0.6 is 15.9 Å². The average Bonchev–Trinajstić information content (AvgIpc) is 3.12. The molecule has 1 N–H and O–H groups in total. The summed E-state index contributed by atoms with van der Waals surface area (Å²) in [7, 11) is 0. The number of benzene rings is 2. The van der Waals surface area contributed by atoms with Gasteiger partial charge in [0.25, 0.3) is 0 Å². The van der Waals surface area contributed by atoms with Crippen molar-refractivity contribution in [2.75, 3.05) is 5.32 Å². The number of carbonyl (C=O) groups is 2. The van der Waals surface area contributed by atoms with Crippen molar-refractivity contribution in [2.24, 2.45) is 0 Å². The molecular weight excluding hydrogens is 430 g/mol. The molecule has 4 nitrogen and oxygen atoms in total. The van der Waals surface area contributed by atoms with Crippen LogP contribution in [0.5, 0.6) is 0 Å². The number of carbonyl (C=O) groups excluding carboxylic acids is 2. The summed E-state index contributed by atoms with van der Waals surface area (Å²) in [6, 6.07) is 15.0. The average molecular weight is 450 g/mol. The van der Waals surface area contributed by atoms with Crippen molar-refractivity contribution >= 4 is 33.4 Å². The van der Waals surface area contributed by atoms with Crippen molar-refractivity contribution in [2.45, 2.75) is 38.1 Å². The van der Waals surface area contributed by atoms with Gasteiger partial charge in [-0.15, -0.1) is 0 Å². The third kappa shape index (κ3) is 3.04. The molecule has 2 aromatic carbocycles. The minimum absolute atomic E-state index is 0.137. The summed E-state index contributed by atoms with van der Waals surface area (Å²) in [5.41, 5.74) is 2.71. The van der Waals surface area contributed by atoms with Gasteiger partial charge in [0.15, 0.2) is 11.5 Å². The van der Waals surface area contributed by atoms with Gasteiger partial charge in [0.2, 0.25) is 11.7 Å². The molecule has 1 saturated carbocycles. The normalized spacial score (nSPS) is 16.4. The summed E-state index contributed by atoms with van der Waals surface area (Å²) in [6.45, 7) is 0. The second-order valence-corrected chi connectivity index (χ2v) is 8.53. The summed E-state index contributed by atoms with van der Waals surface area (Å²) < 4.78 is 6.94. The molecule has 5 rings (SSSR count). The lowest BCUT2D eigenvalue weighted by molar-refractivity contribution is 0.0961. The third-order valence-electron chi connectivity index (χ3n) is 5.84. The van der Waals surface area contributed by atoms with Crippen LogP contribution in [0.15, 0.2) is 57.4 Å². The standard InChI is InChI=1S/C24H20BrNO3/c25-18-13-7-6-12-17(18)19-20-21(27)15-10-4-5-11-16(15)22(28)23(20)29-24(19)26-14-8-2-1-3-9-14/h4-7,10-14,26H,1-3,8-9H2. The van der Waals surface area contributed by atoms with E-state index in [9.17, 15) is 9.59 Å². The van der Waals surface area contributed by atoms with Crippen LogP contribution in [0, 0.1) is 0 Å². The van der Waals surface area contributed by atoms with Crippen molar-refractivity contribution in [3.05, 3.63) is 75.5 Å². The molecule has 2 aliphatic carbocycles. The Kier molecular flexibility index (Phi) is 4.63. The van der Waals surface area contributed by atoms with Crippen LogP contribution in [0.2, 0.25) is 0 Å². The number of ketones is 2. The van der Waals surface area contributed by atoms with Crippen molar-refractivity contribution < 1.29 is 14.0 Å². The van der Waals surface area contributed by atoms with Crippen LogP contribution in [-0.4, -0.2) is 17.6 Å². The van der Waals surface area contributed by atoms with Crippen LogP contribution < -0.4 is 5.32 Å². The molecule has 0 radical (unpaired) electrons. The lowest BCUT2D eigenvalue weighted by Crippen LogP contribution is -2.22. The fourth-order valence-corrected chi connectivity index (χ4v) is 4.88. The predicted octanol–water partition coefficient (Wildman–Crippen LogP) is 6.23. The van der Waals surface area contributed by atoms with E-state index in [1.54, 1.807) is 24.3 Å². The summed E-state index contributed by atoms with van der Waals surface area (Å²) in [5, 5.41) is 3.51. The molecule has 0 bridgehead atoms. The molecule has 0 atom stereocenters. The maximum atomic E-state index is 13.4. The molecule has 2 aliphatic rings. The van der Waals surface area contributed by atoms with Crippen LogP contribution in [0.25, 0.3) is 11.1 Å². The summed E-state index contributed by atoms with van der Waals surface area (Å²) in [6.07, 6.45) is 5.71. The topological polar surface area (TPSA) is 59.3 Å². The van der Waals surface area contributed by atoms with Gasteiger partial charge in [-0.2, -0.15) is 0 Å². The Morgan fingerprint density at radius 2 is 1.41 bits per heavy atom. The predicted molar refractivity (Wildman–Crippen MR) is 116 cm³/mol. The Bertz CT molecular complexity index is 1120. The highest BCUT2D eigenvalue weighted by molar-refractivity contribution is 9.10. The molecule has 3 aromatic rings. The fourth-order valence-electron chi connectivity index (χ4n) is 4.40. The van der Waals surface area contributed by atoms with Crippen LogP contribution in [-0.2, 0) is 0 Å². The van der Waals surface area contributed by atoms with Gasteiger partial charge in [-0.3, -0.25) is 9.59 Å². The zero-order valence-corrected chi connectivity index (χ0v) is 17.4. The molecule has 1 fully saturated rings. The third-order valence-corrected chi connectivity index (χ3v) is 6.53. The highest BCUT2D eigenvalue weighted by atomic mass is 79.9. The Balaban J connectivity index is 1.71. The van der Waals surface area contributed by atoms with Gasteiger partial charge < -0.3 is 9.73 Å². The second kappa shape index (κ2) is 7.30. The first-order chi connectivity index (χ1) is 14.1. The lowest BCUT2D eigenvalue weighted by atomic mass is 9.85. The van der Waals surface area contributed by atoms with Gasteiger partial charge in [-0.1, -0.05) is 77.7 Å². The molecule has 146 valence electrons. The fraction of sp³-hybridized carbons (Fsp3) is 0.250. The van der Waals surface area contributed by atoms with Gasteiger partial charge in [-0.05, 0) is 18.9 Å². The summed E-state index contributed by atoms with van der Waals surface area (Å²) in [5.74, 6) is 0.252. The van der Waals surface area contributed by atoms with E-state index in [1.165, 1.54) is 19.3 Å². The van der Waals surface area contributed by atoms with Gasteiger partial charge in [-0.25, -0.2) is 0 Å². The number of furan rings is 1. The first-order valence-corrected chi connectivity index (χ1v) is 10.8. The Morgan fingerprint density at radius 3 is 2.10 bits per heavy atom. The number of anilines is 1. The monoisotopic (exact) mass is 449 g/mol. The first-order valence-electron chi connectivity index (χ1n) is 10.0. The molecular formula is C24H20BrNO3. The number of nitrogens with one attached hydrogen (secondary N) is 1. The van der Waals surface area contributed by atoms with E-state index >= 15 is 0 Å². The summed E-state index contributed by atoms with van der Waals surface area (Å²) in [4.78, 5) is 26.6. The van der Waals surface area contributed by atoms with E-state index in [0.717, 1.165) is 22.9 Å². The number of hydrogen-bond acceptors (Lipinski definition) is 4. The SMILES string of the molecule is O=C1c2ccccc2C(=O)c2c1oc(NC1CCCCC1)c2-c1ccccc1Br. The molecule has 0 saturated heterocycles. The van der Waals surface area contributed by atoms with E-state index < -0.39 is 0 Å². The van der Waals surface area contributed by atoms with E-state index in [-0.39, 0.29) is 23.4 Å². The maximum absolute atomic E-state index is 13.4. The van der Waals surface area contributed by atoms with E-state index in [2.05, 4.69) is 21.2 Å². The minimum Gasteiger partial charge on any atom is -0.436 e. The molecule has 0 unspecified atom stereocenters. The van der Waals surface area contributed by atoms with E-state index in [0.29, 0.717) is 28.1 Å². The largest absolute Gasteiger partial charge is 0.436 e. The zero-order valence-electron chi connectivity index (χ0n) is 15.8. The maximum Gasteiger partial charge on any atom is 0.229 e. The highest BCUT2D eigenvalue weighted by Gasteiger charge is 2.38. The molecule has 1 heterocycles. The smallest absolute Gasteiger partial charge is 0.229 e. The molecule has 5 heteroatoms. The van der Waals surface area contributed by atoms with E-state index in [4.69, 9.17) is 4.42 Å². The van der Waals surface area contributed by atoms with Crippen molar-refractivity contribution in [3.63, 3.8) is 0 Å². The number of rotatable bonds is 3. The zero-order chi connectivity index (χ0) is 20.0. The van der Waals surface area contributed by atoms with Gasteiger partial charge >= 0.3 is 0 Å². The van der Waals surface area contributed by atoms with Crippen molar-refractivity contribution in [1.82, 2.24) is 0 Å². The van der Waals surface area contributed by atoms with Crippen molar-refractivity contribution in [3.8, 4) is 11.1 Å². The molecule has 29 heavy (non-hydrogen) atoms. The second-order valence-electron chi connectivity index (χ2n) is 7.67. The quantitative estimate of drug-likeness (QED) is 0.402. The summed E-state index contributed by atoms with van der Waals surface area (Å²) >= 11 is 3.61. The van der Waals surface area contributed by atoms with Crippen LogP contribution in [0.4, 0.5) is 5.88 Å².